The maximum absolute atomic E-state index is 8.83. The van der Waals surface area contributed by atoms with Crippen LogP contribution in [0.2, 0.25) is 0 Å². The number of nitriles is 1. The van der Waals surface area contributed by atoms with E-state index in [1.807, 2.05) is 20.2 Å². The van der Waals surface area contributed by atoms with Crippen LogP contribution in [0.5, 0.6) is 0 Å². The third-order valence-corrected chi connectivity index (χ3v) is 2.49. The highest BCUT2D eigenvalue weighted by Gasteiger charge is 2.05. The minimum Gasteiger partial charge on any atom is -0.397 e. The first-order valence-electron chi connectivity index (χ1n) is 5.34. The van der Waals surface area contributed by atoms with Gasteiger partial charge in [0, 0.05) is 13.6 Å². The lowest BCUT2D eigenvalue weighted by Gasteiger charge is -2.21. The van der Waals surface area contributed by atoms with Crippen molar-refractivity contribution in [1.82, 2.24) is 5.32 Å². The van der Waals surface area contributed by atoms with Crippen LogP contribution >= 0.6 is 0 Å². The Balaban J connectivity index is 2.74. The number of rotatable bonds is 5. The maximum atomic E-state index is 8.83. The number of anilines is 2. The SMILES string of the molecule is CNCCCN(C)c1cc(C#N)ccc1N. The maximum Gasteiger partial charge on any atom is 0.0992 e. The van der Waals surface area contributed by atoms with E-state index < -0.39 is 0 Å². The number of benzene rings is 1. The summed E-state index contributed by atoms with van der Waals surface area (Å²) < 4.78 is 0. The molecule has 0 spiro atoms. The molecular formula is C12H18N4. The lowest BCUT2D eigenvalue weighted by Crippen LogP contribution is -2.23. The predicted molar refractivity (Wildman–Crippen MR) is 67.4 cm³/mol. The normalized spacial score (nSPS) is 9.81. The average Bonchev–Trinajstić information content (AvgIpc) is 2.30. The molecule has 1 rings (SSSR count). The van der Waals surface area contributed by atoms with Crippen molar-refractivity contribution >= 4 is 11.4 Å². The fourth-order valence-electron chi connectivity index (χ4n) is 1.56. The van der Waals surface area contributed by atoms with Crippen molar-refractivity contribution in [2.75, 3.05) is 37.8 Å². The Morgan fingerprint density at radius 2 is 2.25 bits per heavy atom. The van der Waals surface area contributed by atoms with E-state index in [9.17, 15) is 0 Å². The molecule has 0 aliphatic rings. The highest BCUT2D eigenvalue weighted by Crippen LogP contribution is 2.23. The van der Waals surface area contributed by atoms with Gasteiger partial charge in [0.25, 0.3) is 0 Å². The summed E-state index contributed by atoms with van der Waals surface area (Å²) in [5.41, 5.74) is 8.17. The quantitative estimate of drug-likeness (QED) is 0.575. The zero-order valence-electron chi connectivity index (χ0n) is 9.83. The first-order chi connectivity index (χ1) is 7.69. The second-order valence-corrected chi connectivity index (χ2v) is 3.76. The lowest BCUT2D eigenvalue weighted by molar-refractivity contribution is 0.713. The second kappa shape index (κ2) is 5.99. The zero-order valence-corrected chi connectivity index (χ0v) is 9.83. The van der Waals surface area contributed by atoms with Crippen LogP contribution in [0.15, 0.2) is 18.2 Å². The molecule has 0 aliphatic carbocycles. The number of nitrogens with two attached hydrogens (primary N) is 1. The van der Waals surface area contributed by atoms with Crippen LogP contribution in [0.25, 0.3) is 0 Å². The van der Waals surface area contributed by atoms with Gasteiger partial charge in [0.2, 0.25) is 0 Å². The summed E-state index contributed by atoms with van der Waals surface area (Å²) in [6.45, 7) is 1.89. The van der Waals surface area contributed by atoms with Gasteiger partial charge in [-0.1, -0.05) is 0 Å². The van der Waals surface area contributed by atoms with Gasteiger partial charge in [-0.2, -0.15) is 5.26 Å². The van der Waals surface area contributed by atoms with Crippen molar-refractivity contribution in [1.29, 1.82) is 5.26 Å². The fraction of sp³-hybridized carbons (Fsp3) is 0.417. The molecule has 4 heteroatoms. The molecule has 0 amide bonds. The predicted octanol–water partition coefficient (Wildman–Crippen LogP) is 1.19. The first-order valence-corrected chi connectivity index (χ1v) is 5.34. The Kier molecular flexibility index (Phi) is 4.62. The molecule has 1 aromatic carbocycles. The van der Waals surface area contributed by atoms with Gasteiger partial charge in [-0.15, -0.1) is 0 Å². The summed E-state index contributed by atoms with van der Waals surface area (Å²) in [7, 11) is 3.92. The summed E-state index contributed by atoms with van der Waals surface area (Å²) in [6, 6.07) is 7.47. The first kappa shape index (κ1) is 12.3. The number of nitrogen functional groups attached to an aromatic ring is 1. The molecular weight excluding hydrogens is 200 g/mol. The van der Waals surface area contributed by atoms with Crippen molar-refractivity contribution in [2.45, 2.75) is 6.42 Å². The Bertz CT molecular complexity index is 381. The third kappa shape index (κ3) is 3.14. The van der Waals surface area contributed by atoms with E-state index in [0.29, 0.717) is 11.3 Å². The highest BCUT2D eigenvalue weighted by molar-refractivity contribution is 5.69. The smallest absolute Gasteiger partial charge is 0.0992 e. The largest absolute Gasteiger partial charge is 0.397 e. The molecule has 0 atom stereocenters. The molecule has 0 heterocycles. The van der Waals surface area contributed by atoms with Crippen molar-refractivity contribution in [3.8, 4) is 6.07 Å². The minimum absolute atomic E-state index is 0.643. The summed E-state index contributed by atoms with van der Waals surface area (Å²) in [4.78, 5) is 2.08. The van der Waals surface area contributed by atoms with Crippen LogP contribution in [0, 0.1) is 11.3 Å². The Morgan fingerprint density at radius 3 is 2.88 bits per heavy atom. The molecule has 0 bridgehead atoms. The van der Waals surface area contributed by atoms with Gasteiger partial charge < -0.3 is 16.0 Å². The van der Waals surface area contributed by atoms with Crippen LogP contribution < -0.4 is 16.0 Å². The standard InChI is InChI=1S/C12H18N4/c1-15-6-3-7-16(2)12-8-10(9-13)4-5-11(12)14/h4-5,8,15H,3,6-7,14H2,1-2H3. The summed E-state index contributed by atoms with van der Waals surface area (Å²) in [6.07, 6.45) is 1.04. The van der Waals surface area contributed by atoms with Crippen molar-refractivity contribution in [2.24, 2.45) is 0 Å². The second-order valence-electron chi connectivity index (χ2n) is 3.76. The topological polar surface area (TPSA) is 65.1 Å². The number of hydrogen-bond acceptors (Lipinski definition) is 4. The molecule has 0 fully saturated rings. The molecule has 16 heavy (non-hydrogen) atoms. The van der Waals surface area contributed by atoms with Gasteiger partial charge in [-0.25, -0.2) is 0 Å². The van der Waals surface area contributed by atoms with E-state index in [1.54, 1.807) is 12.1 Å². The molecule has 0 radical (unpaired) electrons. The van der Waals surface area contributed by atoms with E-state index in [2.05, 4.69) is 16.3 Å². The van der Waals surface area contributed by atoms with E-state index in [0.717, 1.165) is 25.2 Å². The van der Waals surface area contributed by atoms with Crippen LogP contribution in [0.4, 0.5) is 11.4 Å². The van der Waals surface area contributed by atoms with E-state index in [-0.39, 0.29) is 0 Å². The summed E-state index contributed by atoms with van der Waals surface area (Å²) in [5, 5.41) is 11.9. The monoisotopic (exact) mass is 218 g/mol. The van der Waals surface area contributed by atoms with Gasteiger partial charge in [0.1, 0.15) is 0 Å². The number of nitrogens with zero attached hydrogens (tertiary/aromatic N) is 2. The number of nitrogens with one attached hydrogen (secondary N) is 1. The molecule has 0 saturated heterocycles. The van der Waals surface area contributed by atoms with Crippen molar-refractivity contribution in [3.63, 3.8) is 0 Å². The Morgan fingerprint density at radius 1 is 1.50 bits per heavy atom. The third-order valence-electron chi connectivity index (χ3n) is 2.49. The van der Waals surface area contributed by atoms with Gasteiger partial charge in [0.15, 0.2) is 0 Å². The van der Waals surface area contributed by atoms with Crippen LogP contribution in [-0.4, -0.2) is 27.2 Å². The van der Waals surface area contributed by atoms with Gasteiger partial charge in [-0.05, 0) is 38.2 Å². The molecule has 4 nitrogen and oxygen atoms in total. The molecule has 0 unspecified atom stereocenters. The van der Waals surface area contributed by atoms with E-state index in [4.69, 9.17) is 11.0 Å². The van der Waals surface area contributed by atoms with Crippen molar-refractivity contribution in [3.05, 3.63) is 23.8 Å². The van der Waals surface area contributed by atoms with Crippen LogP contribution in [0.1, 0.15) is 12.0 Å². The highest BCUT2D eigenvalue weighted by atomic mass is 15.1. The van der Waals surface area contributed by atoms with Crippen LogP contribution in [-0.2, 0) is 0 Å². The molecule has 1 aromatic rings. The van der Waals surface area contributed by atoms with E-state index in [1.165, 1.54) is 0 Å². The molecule has 0 aromatic heterocycles. The minimum atomic E-state index is 0.643. The zero-order chi connectivity index (χ0) is 12.0. The fourth-order valence-corrected chi connectivity index (χ4v) is 1.56. The summed E-state index contributed by atoms with van der Waals surface area (Å²) >= 11 is 0. The molecule has 0 saturated carbocycles. The van der Waals surface area contributed by atoms with Gasteiger partial charge in [0.05, 0.1) is 23.0 Å². The Labute approximate surface area is 96.7 Å². The lowest BCUT2D eigenvalue weighted by atomic mass is 10.1. The Hall–Kier alpha value is -1.73. The van der Waals surface area contributed by atoms with Crippen LogP contribution in [0.3, 0.4) is 0 Å². The molecule has 3 N–H and O–H groups in total. The summed E-state index contributed by atoms with van der Waals surface area (Å²) in [5.74, 6) is 0. The van der Waals surface area contributed by atoms with E-state index >= 15 is 0 Å². The molecule has 0 aliphatic heterocycles. The molecule has 86 valence electrons. The van der Waals surface area contributed by atoms with Gasteiger partial charge in [-0.3, -0.25) is 0 Å². The number of hydrogen-bond donors (Lipinski definition) is 2. The average molecular weight is 218 g/mol. The van der Waals surface area contributed by atoms with Gasteiger partial charge >= 0.3 is 0 Å². The van der Waals surface area contributed by atoms with Crippen molar-refractivity contribution < 1.29 is 0 Å².